The number of hydrogen-bond acceptors (Lipinski definition) is 4. The summed E-state index contributed by atoms with van der Waals surface area (Å²) in [6.45, 7) is 4.44. The van der Waals surface area contributed by atoms with Crippen LogP contribution >= 0.6 is 0 Å². The summed E-state index contributed by atoms with van der Waals surface area (Å²) < 4.78 is 0. The van der Waals surface area contributed by atoms with Crippen LogP contribution in [0.1, 0.15) is 19.8 Å². The molecule has 0 aliphatic carbocycles. The molecule has 0 radical (unpaired) electrons. The molecule has 0 amide bonds. The Morgan fingerprint density at radius 2 is 2.44 bits per heavy atom. The van der Waals surface area contributed by atoms with E-state index >= 15 is 0 Å². The van der Waals surface area contributed by atoms with E-state index in [4.69, 9.17) is 0 Å². The van der Waals surface area contributed by atoms with E-state index in [1.165, 1.54) is 12.8 Å². The van der Waals surface area contributed by atoms with Crippen molar-refractivity contribution < 1.29 is 0 Å². The molecule has 1 aliphatic rings. The Hall–Kier alpha value is -1.16. The fourth-order valence-corrected chi connectivity index (χ4v) is 2.32. The first-order valence-electron chi connectivity index (χ1n) is 6.01. The van der Waals surface area contributed by atoms with Gasteiger partial charge in [0.25, 0.3) is 0 Å². The second kappa shape index (κ2) is 5.25. The predicted molar refractivity (Wildman–Crippen MR) is 65.5 cm³/mol. The van der Waals surface area contributed by atoms with Crippen molar-refractivity contribution in [3.63, 3.8) is 0 Å². The maximum atomic E-state index is 4.18. The van der Waals surface area contributed by atoms with E-state index in [1.54, 1.807) is 6.20 Å². The highest BCUT2D eigenvalue weighted by Gasteiger charge is 2.24. The highest BCUT2D eigenvalue weighted by molar-refractivity contribution is 5.36. The third-order valence-corrected chi connectivity index (χ3v) is 3.50. The summed E-state index contributed by atoms with van der Waals surface area (Å²) in [7, 11) is 2.03. The van der Waals surface area contributed by atoms with Crippen LogP contribution in [0.3, 0.4) is 0 Å². The Balaban J connectivity index is 2.02. The van der Waals surface area contributed by atoms with Gasteiger partial charge in [-0.1, -0.05) is 0 Å². The molecule has 2 atom stereocenters. The van der Waals surface area contributed by atoms with Gasteiger partial charge in [-0.15, -0.1) is 5.10 Å². The van der Waals surface area contributed by atoms with Gasteiger partial charge in [0.15, 0.2) is 5.82 Å². The number of nitrogens with zero attached hydrogens (tertiary/aromatic N) is 3. The van der Waals surface area contributed by atoms with Gasteiger partial charge in [-0.2, -0.15) is 5.10 Å². The molecule has 0 aromatic carbocycles. The second-order valence-corrected chi connectivity index (χ2v) is 4.51. The van der Waals surface area contributed by atoms with E-state index in [2.05, 4.69) is 27.3 Å². The fourth-order valence-electron chi connectivity index (χ4n) is 2.32. The fraction of sp³-hybridized carbons (Fsp3) is 0.667. The summed E-state index contributed by atoms with van der Waals surface area (Å²) in [6.07, 6.45) is 4.27. The molecule has 2 unspecified atom stereocenters. The van der Waals surface area contributed by atoms with Gasteiger partial charge in [0.2, 0.25) is 0 Å². The Labute approximate surface area is 97.1 Å². The van der Waals surface area contributed by atoms with Gasteiger partial charge in [0.05, 0.1) is 0 Å². The highest BCUT2D eigenvalue weighted by Crippen LogP contribution is 2.22. The molecule has 16 heavy (non-hydrogen) atoms. The molecule has 0 saturated carbocycles. The summed E-state index contributed by atoms with van der Waals surface area (Å²) in [6, 6.07) is 4.56. The van der Waals surface area contributed by atoms with Crippen LogP contribution in [-0.2, 0) is 0 Å². The minimum Gasteiger partial charge on any atom is -0.355 e. The van der Waals surface area contributed by atoms with E-state index in [9.17, 15) is 0 Å². The molecule has 88 valence electrons. The van der Waals surface area contributed by atoms with Crippen LogP contribution in [0.4, 0.5) is 5.82 Å². The lowest BCUT2D eigenvalue weighted by atomic mass is 9.92. The van der Waals surface area contributed by atoms with Crippen molar-refractivity contribution in [3.05, 3.63) is 18.3 Å². The number of nitrogens with one attached hydrogen (secondary N) is 1. The van der Waals surface area contributed by atoms with Crippen LogP contribution in [0.5, 0.6) is 0 Å². The maximum Gasteiger partial charge on any atom is 0.151 e. The molecular weight excluding hydrogens is 200 g/mol. The van der Waals surface area contributed by atoms with Crippen molar-refractivity contribution in [2.75, 3.05) is 25.0 Å². The van der Waals surface area contributed by atoms with Gasteiger partial charge in [0.1, 0.15) is 0 Å². The third-order valence-electron chi connectivity index (χ3n) is 3.50. The van der Waals surface area contributed by atoms with Crippen LogP contribution in [0, 0.1) is 5.92 Å². The highest BCUT2D eigenvalue weighted by atomic mass is 15.3. The Kier molecular flexibility index (Phi) is 3.72. The van der Waals surface area contributed by atoms with Crippen molar-refractivity contribution in [1.82, 2.24) is 15.5 Å². The minimum absolute atomic E-state index is 0.569. The zero-order chi connectivity index (χ0) is 11.4. The normalized spacial score (nSPS) is 23.1. The van der Waals surface area contributed by atoms with E-state index in [-0.39, 0.29) is 0 Å². The Bertz CT molecular complexity index is 314. The van der Waals surface area contributed by atoms with Gasteiger partial charge in [0, 0.05) is 25.3 Å². The zero-order valence-electron chi connectivity index (χ0n) is 10.1. The summed E-state index contributed by atoms with van der Waals surface area (Å²) >= 11 is 0. The first kappa shape index (κ1) is 11.3. The van der Waals surface area contributed by atoms with Crippen molar-refractivity contribution >= 4 is 5.82 Å². The van der Waals surface area contributed by atoms with E-state index in [0.29, 0.717) is 12.0 Å². The Morgan fingerprint density at radius 3 is 3.12 bits per heavy atom. The molecule has 1 aromatic heterocycles. The quantitative estimate of drug-likeness (QED) is 0.833. The second-order valence-electron chi connectivity index (χ2n) is 4.51. The predicted octanol–water partition coefficient (Wildman–Crippen LogP) is 1.30. The summed E-state index contributed by atoms with van der Waals surface area (Å²) in [5, 5.41) is 11.5. The van der Waals surface area contributed by atoms with Crippen molar-refractivity contribution in [3.8, 4) is 0 Å². The van der Waals surface area contributed by atoms with Gasteiger partial charge in [-0.25, -0.2) is 0 Å². The first-order chi connectivity index (χ1) is 7.81. The molecule has 1 N–H and O–H groups in total. The monoisotopic (exact) mass is 220 g/mol. The number of aromatic nitrogens is 2. The largest absolute Gasteiger partial charge is 0.355 e. The molecule has 2 heterocycles. The molecule has 1 aliphatic heterocycles. The molecule has 1 saturated heterocycles. The smallest absolute Gasteiger partial charge is 0.151 e. The van der Waals surface area contributed by atoms with Crippen LogP contribution in [0.2, 0.25) is 0 Å². The maximum absolute atomic E-state index is 4.18. The van der Waals surface area contributed by atoms with Crippen LogP contribution in [0.25, 0.3) is 0 Å². The van der Waals surface area contributed by atoms with Crippen molar-refractivity contribution in [2.45, 2.75) is 25.8 Å². The lowest BCUT2D eigenvalue weighted by Gasteiger charge is -2.36. The number of hydrogen-bond donors (Lipinski definition) is 1. The molecule has 0 spiro atoms. The minimum atomic E-state index is 0.569. The van der Waals surface area contributed by atoms with E-state index < -0.39 is 0 Å². The summed E-state index contributed by atoms with van der Waals surface area (Å²) in [4.78, 5) is 2.34. The van der Waals surface area contributed by atoms with Gasteiger partial charge >= 0.3 is 0 Å². The van der Waals surface area contributed by atoms with Gasteiger partial charge in [-0.05, 0) is 44.9 Å². The SMILES string of the molecule is CNC(C)C1CCCN(c2cccnn2)C1. The lowest BCUT2D eigenvalue weighted by molar-refractivity contribution is 0.332. The van der Waals surface area contributed by atoms with Crippen LogP contribution < -0.4 is 10.2 Å². The van der Waals surface area contributed by atoms with Gasteiger partial charge < -0.3 is 10.2 Å². The topological polar surface area (TPSA) is 41.0 Å². The third kappa shape index (κ3) is 2.50. The molecule has 1 aromatic rings. The summed E-state index contributed by atoms with van der Waals surface area (Å²) in [5.74, 6) is 1.72. The molecular formula is C12H20N4. The standard InChI is InChI=1S/C12H20N4/c1-10(13-2)11-5-4-8-16(9-11)12-6-3-7-14-15-12/h3,6-7,10-11,13H,4-5,8-9H2,1-2H3. The Morgan fingerprint density at radius 1 is 1.56 bits per heavy atom. The average molecular weight is 220 g/mol. The molecule has 1 fully saturated rings. The molecule has 2 rings (SSSR count). The number of piperidine rings is 1. The molecule has 4 heteroatoms. The van der Waals surface area contributed by atoms with Gasteiger partial charge in [-0.3, -0.25) is 0 Å². The first-order valence-corrected chi connectivity index (χ1v) is 6.01. The van der Waals surface area contributed by atoms with E-state index in [0.717, 1.165) is 18.9 Å². The number of rotatable bonds is 3. The number of anilines is 1. The van der Waals surface area contributed by atoms with Crippen LogP contribution in [-0.4, -0.2) is 36.4 Å². The molecule has 4 nitrogen and oxygen atoms in total. The average Bonchev–Trinajstić information content (AvgIpc) is 2.39. The van der Waals surface area contributed by atoms with E-state index in [1.807, 2.05) is 19.2 Å². The van der Waals surface area contributed by atoms with Crippen LogP contribution in [0.15, 0.2) is 18.3 Å². The van der Waals surface area contributed by atoms with Crippen molar-refractivity contribution in [2.24, 2.45) is 5.92 Å². The zero-order valence-corrected chi connectivity index (χ0v) is 10.1. The van der Waals surface area contributed by atoms with Crippen molar-refractivity contribution in [1.29, 1.82) is 0 Å². The lowest BCUT2D eigenvalue weighted by Crippen LogP contribution is -2.43. The molecule has 0 bridgehead atoms. The summed E-state index contributed by atoms with van der Waals surface area (Å²) in [5.41, 5.74) is 0.